The summed E-state index contributed by atoms with van der Waals surface area (Å²) < 4.78 is 0. The number of carbonyl (C=O) groups excluding carboxylic acids is 1. The monoisotopic (exact) mass is 386 g/mol. The molecule has 1 aromatic heterocycles. The molecule has 0 atom stereocenters. The fraction of sp³-hybridized carbons (Fsp3) is 0.105. The van der Waals surface area contributed by atoms with Gasteiger partial charge in [0.05, 0.1) is 0 Å². The second-order valence-corrected chi connectivity index (χ2v) is 6.75. The molecule has 5 nitrogen and oxygen atoms in total. The molecule has 0 aliphatic rings. The molecular weight excluding hydrogens is 371 g/mol. The Labute approximate surface area is 161 Å². The largest absolute Gasteiger partial charge is 0.324 e. The van der Waals surface area contributed by atoms with Crippen LogP contribution in [-0.2, 0) is 0 Å². The Morgan fingerprint density at radius 2 is 1.58 bits per heavy atom. The molecule has 0 radical (unpaired) electrons. The van der Waals surface area contributed by atoms with Crippen molar-refractivity contribution in [1.82, 2.24) is 9.97 Å². The minimum absolute atomic E-state index is 0.225. The number of aryl methyl sites for hydroxylation is 2. The van der Waals surface area contributed by atoms with Crippen LogP contribution in [0.4, 0.5) is 17.3 Å². The summed E-state index contributed by atoms with van der Waals surface area (Å²) in [6, 6.07) is 12.4. The maximum absolute atomic E-state index is 12.4. The Morgan fingerprint density at radius 1 is 0.923 bits per heavy atom. The summed E-state index contributed by atoms with van der Waals surface area (Å²) in [7, 11) is 0. The van der Waals surface area contributed by atoms with Crippen LogP contribution in [0.1, 0.15) is 21.6 Å². The Balaban J connectivity index is 1.78. The van der Waals surface area contributed by atoms with E-state index in [2.05, 4.69) is 26.7 Å². The number of nitrogens with zero attached hydrogens (tertiary/aromatic N) is 2. The van der Waals surface area contributed by atoms with Crippen LogP contribution in [0.25, 0.3) is 0 Å². The van der Waals surface area contributed by atoms with Gasteiger partial charge in [0.15, 0.2) is 0 Å². The first-order valence-corrected chi connectivity index (χ1v) is 8.60. The molecule has 1 amide bonds. The van der Waals surface area contributed by atoms with Gasteiger partial charge in [0.1, 0.15) is 5.69 Å². The van der Waals surface area contributed by atoms with Gasteiger partial charge in [-0.2, -0.15) is 0 Å². The molecule has 0 aliphatic heterocycles. The predicted octanol–water partition coefficient (Wildman–Crippen LogP) is 5.40. The van der Waals surface area contributed by atoms with Gasteiger partial charge in [0, 0.05) is 27.6 Å². The summed E-state index contributed by atoms with van der Waals surface area (Å²) >= 11 is 11.9. The number of anilines is 3. The molecule has 0 fully saturated rings. The average Bonchev–Trinajstić information content (AvgIpc) is 2.53. The maximum Gasteiger partial charge on any atom is 0.274 e. The quantitative estimate of drug-likeness (QED) is 0.629. The van der Waals surface area contributed by atoms with Crippen LogP contribution in [0.3, 0.4) is 0 Å². The zero-order valence-electron chi connectivity index (χ0n) is 14.2. The summed E-state index contributed by atoms with van der Waals surface area (Å²) in [6.45, 7) is 4.03. The van der Waals surface area contributed by atoms with Gasteiger partial charge >= 0.3 is 0 Å². The summed E-state index contributed by atoms with van der Waals surface area (Å²) in [5.41, 5.74) is 3.83. The lowest BCUT2D eigenvalue weighted by Gasteiger charge is -2.09. The summed E-state index contributed by atoms with van der Waals surface area (Å²) in [5.74, 6) is -0.0408. The number of nitrogens with one attached hydrogen (secondary N) is 2. The van der Waals surface area contributed by atoms with Crippen LogP contribution < -0.4 is 10.6 Å². The number of benzene rings is 2. The summed E-state index contributed by atoms with van der Waals surface area (Å²) in [4.78, 5) is 20.9. The number of carbonyl (C=O) groups is 1. The Bertz CT molecular complexity index is 935. The minimum Gasteiger partial charge on any atom is -0.324 e. The third-order valence-electron chi connectivity index (χ3n) is 3.49. The van der Waals surface area contributed by atoms with E-state index in [-0.39, 0.29) is 11.6 Å². The SMILES string of the molecule is Cc1cc(C)cc(Nc2nccc(C(=O)Nc3cc(Cl)cc(Cl)c3)n2)c1. The first-order valence-electron chi connectivity index (χ1n) is 7.85. The maximum atomic E-state index is 12.4. The van der Waals surface area contributed by atoms with Crippen molar-refractivity contribution in [3.8, 4) is 0 Å². The van der Waals surface area contributed by atoms with Crippen LogP contribution >= 0.6 is 23.2 Å². The van der Waals surface area contributed by atoms with Gasteiger partial charge in [-0.05, 0) is 61.4 Å². The predicted molar refractivity (Wildman–Crippen MR) is 106 cm³/mol. The number of halogens is 2. The van der Waals surface area contributed by atoms with Gasteiger partial charge in [-0.3, -0.25) is 4.79 Å². The van der Waals surface area contributed by atoms with E-state index in [0.29, 0.717) is 21.7 Å². The summed E-state index contributed by atoms with van der Waals surface area (Å²) in [5, 5.41) is 6.72. The van der Waals surface area contributed by atoms with Crippen molar-refractivity contribution >= 4 is 46.4 Å². The van der Waals surface area contributed by atoms with Crippen molar-refractivity contribution < 1.29 is 4.79 Å². The smallest absolute Gasteiger partial charge is 0.274 e. The molecule has 1 heterocycles. The molecule has 0 spiro atoms. The van der Waals surface area contributed by atoms with E-state index in [4.69, 9.17) is 23.2 Å². The third-order valence-corrected chi connectivity index (χ3v) is 3.92. The Kier molecular flexibility index (Phi) is 5.40. The van der Waals surface area contributed by atoms with E-state index >= 15 is 0 Å². The fourth-order valence-electron chi connectivity index (χ4n) is 2.54. The topological polar surface area (TPSA) is 66.9 Å². The zero-order valence-corrected chi connectivity index (χ0v) is 15.7. The molecular formula is C19H16Cl2N4O. The van der Waals surface area contributed by atoms with Crippen molar-refractivity contribution in [3.05, 3.63) is 75.5 Å². The van der Waals surface area contributed by atoms with Crippen LogP contribution in [0.15, 0.2) is 48.7 Å². The molecule has 0 unspecified atom stereocenters. The van der Waals surface area contributed by atoms with Gasteiger partial charge in [-0.1, -0.05) is 29.3 Å². The van der Waals surface area contributed by atoms with Gasteiger partial charge in [-0.25, -0.2) is 9.97 Å². The van der Waals surface area contributed by atoms with Crippen molar-refractivity contribution in [2.24, 2.45) is 0 Å². The number of hydrogen-bond acceptors (Lipinski definition) is 4. The standard InChI is InChI=1S/C19H16Cl2N4O/c1-11-5-12(2)7-15(6-11)24-19-22-4-3-17(25-19)18(26)23-16-9-13(20)8-14(21)10-16/h3-10H,1-2H3,(H,23,26)(H,22,24,25). The molecule has 26 heavy (non-hydrogen) atoms. The molecule has 0 bridgehead atoms. The summed E-state index contributed by atoms with van der Waals surface area (Å²) in [6.07, 6.45) is 1.53. The zero-order chi connectivity index (χ0) is 18.7. The highest BCUT2D eigenvalue weighted by atomic mass is 35.5. The first-order chi connectivity index (χ1) is 12.4. The number of hydrogen-bond donors (Lipinski definition) is 2. The van der Waals surface area contributed by atoms with E-state index < -0.39 is 0 Å². The van der Waals surface area contributed by atoms with Gasteiger partial charge < -0.3 is 10.6 Å². The Hall–Kier alpha value is -2.63. The van der Waals surface area contributed by atoms with Crippen molar-refractivity contribution in [3.63, 3.8) is 0 Å². The molecule has 0 saturated heterocycles. The second-order valence-electron chi connectivity index (χ2n) is 5.88. The highest BCUT2D eigenvalue weighted by Gasteiger charge is 2.10. The van der Waals surface area contributed by atoms with E-state index in [1.165, 1.54) is 12.3 Å². The molecule has 0 saturated carbocycles. The third kappa shape index (κ3) is 4.71. The van der Waals surface area contributed by atoms with Crippen molar-refractivity contribution in [1.29, 1.82) is 0 Å². The number of aromatic nitrogens is 2. The van der Waals surface area contributed by atoms with E-state index in [1.54, 1.807) is 18.2 Å². The molecule has 2 N–H and O–H groups in total. The molecule has 132 valence electrons. The van der Waals surface area contributed by atoms with Crippen LogP contribution in [-0.4, -0.2) is 15.9 Å². The molecule has 3 rings (SSSR count). The van der Waals surface area contributed by atoms with E-state index in [1.807, 2.05) is 26.0 Å². The molecule has 2 aromatic carbocycles. The lowest BCUT2D eigenvalue weighted by Crippen LogP contribution is -2.14. The van der Waals surface area contributed by atoms with Crippen molar-refractivity contribution in [2.45, 2.75) is 13.8 Å². The fourth-order valence-corrected chi connectivity index (χ4v) is 3.07. The molecule has 3 aromatic rings. The molecule has 0 aliphatic carbocycles. The molecule has 7 heteroatoms. The second kappa shape index (κ2) is 7.72. The number of amides is 1. The average molecular weight is 387 g/mol. The lowest BCUT2D eigenvalue weighted by molar-refractivity contribution is 0.102. The Morgan fingerprint density at radius 3 is 2.23 bits per heavy atom. The normalized spacial score (nSPS) is 10.5. The van der Waals surface area contributed by atoms with Crippen molar-refractivity contribution in [2.75, 3.05) is 10.6 Å². The number of rotatable bonds is 4. The van der Waals surface area contributed by atoms with Crippen LogP contribution in [0.5, 0.6) is 0 Å². The van der Waals surface area contributed by atoms with Gasteiger partial charge in [0.25, 0.3) is 5.91 Å². The highest BCUT2D eigenvalue weighted by molar-refractivity contribution is 6.35. The minimum atomic E-state index is -0.380. The van der Waals surface area contributed by atoms with Crippen LogP contribution in [0.2, 0.25) is 10.0 Å². The van der Waals surface area contributed by atoms with Crippen LogP contribution in [0, 0.1) is 13.8 Å². The van der Waals surface area contributed by atoms with Gasteiger partial charge in [-0.15, -0.1) is 0 Å². The highest BCUT2D eigenvalue weighted by Crippen LogP contribution is 2.23. The lowest BCUT2D eigenvalue weighted by atomic mass is 10.1. The first kappa shape index (κ1) is 18.2. The van der Waals surface area contributed by atoms with Gasteiger partial charge in [0.2, 0.25) is 5.95 Å². The van der Waals surface area contributed by atoms with E-state index in [9.17, 15) is 4.79 Å². The van der Waals surface area contributed by atoms with E-state index in [0.717, 1.165) is 16.8 Å².